The monoisotopic (exact) mass is 236 g/mol. The lowest BCUT2D eigenvalue weighted by Gasteiger charge is -2.31. The van der Waals surface area contributed by atoms with E-state index in [1.807, 2.05) is 0 Å². The molecule has 1 aliphatic rings. The smallest absolute Gasteiger partial charge is 0.164 e. The lowest BCUT2D eigenvalue weighted by molar-refractivity contribution is -0.167. The van der Waals surface area contributed by atoms with Gasteiger partial charge in [-0.05, 0) is 6.42 Å². The maximum atomic E-state index is 11.3. The summed E-state index contributed by atoms with van der Waals surface area (Å²) in [4.78, 5) is 5.48. The number of sulfone groups is 1. The Morgan fingerprint density at radius 3 is 2.87 bits per heavy atom. The van der Waals surface area contributed by atoms with Crippen LogP contribution in [0.1, 0.15) is 19.8 Å². The molecule has 0 aromatic rings. The Balaban J connectivity index is 2.36. The van der Waals surface area contributed by atoms with Crippen LogP contribution in [-0.2, 0) is 14.7 Å². The molecule has 1 aliphatic heterocycles. The number of hydrogen-bond donors (Lipinski definition) is 1. The predicted octanol–water partition coefficient (Wildman–Crippen LogP) is -0.00600. The molecule has 0 aromatic carbocycles. The minimum absolute atomic E-state index is 0.419. The second kappa shape index (κ2) is 5.79. The highest BCUT2D eigenvalue weighted by Gasteiger charge is 2.27. The van der Waals surface area contributed by atoms with Crippen molar-refractivity contribution >= 4 is 9.84 Å². The molecule has 15 heavy (non-hydrogen) atoms. The van der Waals surface area contributed by atoms with Crippen molar-refractivity contribution in [3.05, 3.63) is 0 Å². The zero-order valence-electron chi connectivity index (χ0n) is 9.40. The predicted molar refractivity (Wildman–Crippen MR) is 59.1 cm³/mol. The molecule has 0 aliphatic carbocycles. The first kappa shape index (κ1) is 12.9. The van der Waals surface area contributed by atoms with Crippen LogP contribution in [0.15, 0.2) is 0 Å². The first-order chi connectivity index (χ1) is 7.04. The fourth-order valence-electron chi connectivity index (χ4n) is 1.43. The Kier molecular flexibility index (Phi) is 4.98. The van der Waals surface area contributed by atoms with Gasteiger partial charge in [-0.25, -0.2) is 8.42 Å². The largest absolute Gasteiger partial charge is 0.299 e. The first-order valence-electron chi connectivity index (χ1n) is 5.34. The van der Waals surface area contributed by atoms with E-state index >= 15 is 0 Å². The van der Waals surface area contributed by atoms with Gasteiger partial charge in [-0.2, -0.15) is 5.06 Å². The number of nitrogens with zero attached hydrogens (tertiary/aromatic N) is 1. The third-order valence-electron chi connectivity index (χ3n) is 2.39. The van der Waals surface area contributed by atoms with Crippen molar-refractivity contribution in [3.8, 4) is 0 Å². The number of rotatable bonds is 5. The number of piperazine rings is 1. The van der Waals surface area contributed by atoms with Gasteiger partial charge in [0, 0.05) is 19.3 Å². The van der Waals surface area contributed by atoms with E-state index in [0.717, 1.165) is 19.4 Å². The van der Waals surface area contributed by atoms with Crippen molar-refractivity contribution in [2.75, 3.05) is 32.5 Å². The average molecular weight is 236 g/mol. The topological polar surface area (TPSA) is 58.6 Å². The van der Waals surface area contributed by atoms with Gasteiger partial charge < -0.3 is 0 Å². The molecule has 6 heteroatoms. The Bertz CT molecular complexity index is 279. The van der Waals surface area contributed by atoms with E-state index in [2.05, 4.69) is 12.2 Å². The summed E-state index contributed by atoms with van der Waals surface area (Å²) in [5.41, 5.74) is 0. The molecule has 1 rings (SSSR count). The van der Waals surface area contributed by atoms with Gasteiger partial charge in [-0.1, -0.05) is 13.3 Å². The highest BCUT2D eigenvalue weighted by molar-refractivity contribution is 7.91. The Hall–Kier alpha value is -0.170. The fraction of sp³-hybridized carbons (Fsp3) is 1.00. The van der Waals surface area contributed by atoms with Crippen LogP contribution in [0.3, 0.4) is 0 Å². The molecule has 0 aromatic heterocycles. The van der Waals surface area contributed by atoms with E-state index < -0.39 is 15.2 Å². The second-order valence-electron chi connectivity index (χ2n) is 3.85. The van der Waals surface area contributed by atoms with Gasteiger partial charge in [-0.15, -0.1) is 0 Å². The van der Waals surface area contributed by atoms with Crippen molar-refractivity contribution in [2.45, 2.75) is 25.1 Å². The molecule has 1 fully saturated rings. The van der Waals surface area contributed by atoms with Gasteiger partial charge in [0.05, 0.1) is 13.2 Å². The van der Waals surface area contributed by atoms with E-state index in [0.29, 0.717) is 19.7 Å². The molecule has 0 radical (unpaired) electrons. The van der Waals surface area contributed by atoms with Gasteiger partial charge >= 0.3 is 0 Å². The van der Waals surface area contributed by atoms with Gasteiger partial charge in [0.2, 0.25) is 0 Å². The maximum Gasteiger partial charge on any atom is 0.164 e. The molecule has 1 saturated heterocycles. The minimum Gasteiger partial charge on any atom is -0.299 e. The summed E-state index contributed by atoms with van der Waals surface area (Å²) in [6.07, 6.45) is 3.34. The summed E-state index contributed by atoms with van der Waals surface area (Å²) in [7, 11) is -3.02. The van der Waals surface area contributed by atoms with Gasteiger partial charge in [0.1, 0.15) is 5.37 Å². The Morgan fingerprint density at radius 2 is 2.27 bits per heavy atom. The van der Waals surface area contributed by atoms with E-state index in [-0.39, 0.29) is 0 Å². The van der Waals surface area contributed by atoms with Crippen LogP contribution >= 0.6 is 0 Å². The molecule has 1 N–H and O–H groups in total. The molecular formula is C9H20N2O3S. The molecule has 90 valence electrons. The van der Waals surface area contributed by atoms with Crippen molar-refractivity contribution < 1.29 is 13.3 Å². The summed E-state index contributed by atoms with van der Waals surface area (Å²) in [5.74, 6) is 0. The second-order valence-corrected chi connectivity index (χ2v) is 6.08. The molecule has 1 heterocycles. The zero-order chi connectivity index (χ0) is 11.3. The SMILES string of the molecule is CCCCON1CCNC(S(C)(=O)=O)C1. The van der Waals surface area contributed by atoms with Crippen LogP contribution in [-0.4, -0.2) is 51.4 Å². The molecular weight excluding hydrogens is 216 g/mol. The van der Waals surface area contributed by atoms with Gasteiger partial charge in [-0.3, -0.25) is 10.2 Å². The third-order valence-corrected chi connectivity index (χ3v) is 3.74. The molecule has 0 bridgehead atoms. The molecule has 0 amide bonds. The lowest BCUT2D eigenvalue weighted by atomic mass is 10.4. The summed E-state index contributed by atoms with van der Waals surface area (Å²) in [6.45, 7) is 4.59. The standard InChI is InChI=1S/C9H20N2O3S/c1-3-4-7-14-11-6-5-10-9(8-11)15(2,12)13/h9-10H,3-8H2,1-2H3. The Morgan fingerprint density at radius 1 is 1.53 bits per heavy atom. The number of unbranched alkanes of at least 4 members (excludes halogenated alkanes) is 1. The number of hydroxylamine groups is 2. The van der Waals surface area contributed by atoms with Crippen molar-refractivity contribution in [2.24, 2.45) is 0 Å². The summed E-state index contributed by atoms with van der Waals surface area (Å²) in [6, 6.07) is 0. The van der Waals surface area contributed by atoms with E-state index in [9.17, 15) is 8.42 Å². The normalized spacial score (nSPS) is 24.3. The quantitative estimate of drug-likeness (QED) is 0.681. The van der Waals surface area contributed by atoms with Crippen LogP contribution in [0.25, 0.3) is 0 Å². The van der Waals surface area contributed by atoms with E-state index in [1.165, 1.54) is 6.26 Å². The van der Waals surface area contributed by atoms with Crippen LogP contribution in [0.4, 0.5) is 0 Å². The van der Waals surface area contributed by atoms with Gasteiger partial charge in [0.25, 0.3) is 0 Å². The summed E-state index contributed by atoms with van der Waals surface area (Å²) in [5, 5.41) is 4.22. The first-order valence-corrected chi connectivity index (χ1v) is 7.29. The molecule has 5 nitrogen and oxygen atoms in total. The highest BCUT2D eigenvalue weighted by Crippen LogP contribution is 2.05. The number of hydrogen-bond acceptors (Lipinski definition) is 5. The molecule has 0 saturated carbocycles. The van der Waals surface area contributed by atoms with E-state index in [4.69, 9.17) is 4.84 Å². The van der Waals surface area contributed by atoms with Gasteiger partial charge in [0.15, 0.2) is 9.84 Å². The number of nitrogens with one attached hydrogen (secondary N) is 1. The molecule has 0 spiro atoms. The fourth-order valence-corrected chi connectivity index (χ4v) is 2.29. The van der Waals surface area contributed by atoms with Crippen LogP contribution in [0.5, 0.6) is 0 Å². The zero-order valence-corrected chi connectivity index (χ0v) is 10.2. The molecule has 1 unspecified atom stereocenters. The lowest BCUT2D eigenvalue weighted by Crippen LogP contribution is -2.53. The van der Waals surface area contributed by atoms with E-state index in [1.54, 1.807) is 5.06 Å². The van der Waals surface area contributed by atoms with Crippen molar-refractivity contribution in [3.63, 3.8) is 0 Å². The van der Waals surface area contributed by atoms with Crippen molar-refractivity contribution in [1.29, 1.82) is 0 Å². The summed E-state index contributed by atoms with van der Waals surface area (Å²) >= 11 is 0. The highest BCUT2D eigenvalue weighted by atomic mass is 32.2. The maximum absolute atomic E-state index is 11.3. The van der Waals surface area contributed by atoms with Crippen LogP contribution < -0.4 is 5.32 Å². The average Bonchev–Trinajstić information content (AvgIpc) is 2.17. The summed E-state index contributed by atoms with van der Waals surface area (Å²) < 4.78 is 22.6. The minimum atomic E-state index is -3.02. The van der Waals surface area contributed by atoms with Crippen LogP contribution in [0, 0.1) is 0 Å². The Labute approximate surface area is 91.7 Å². The van der Waals surface area contributed by atoms with Crippen molar-refractivity contribution in [1.82, 2.24) is 10.4 Å². The van der Waals surface area contributed by atoms with Crippen LogP contribution in [0.2, 0.25) is 0 Å². The molecule has 1 atom stereocenters. The third kappa shape index (κ3) is 4.46.